The number of aliphatic hydroxyl groups excluding tert-OH is 2. The molecule has 7 N–H and O–H groups in total. The number of nitrogen functional groups attached to an aromatic ring is 1. The lowest BCUT2D eigenvalue weighted by Gasteiger charge is -2.31. The summed E-state index contributed by atoms with van der Waals surface area (Å²) in [6.07, 6.45) is -1.87. The highest BCUT2D eigenvalue weighted by Crippen LogP contribution is 2.21. The molecule has 2 heterocycles. The molecule has 102 valence electrons. The third-order valence-corrected chi connectivity index (χ3v) is 2.66. The average molecular weight is 277 g/mol. The van der Waals surface area contributed by atoms with E-state index in [-0.39, 0.29) is 24.0 Å². The van der Waals surface area contributed by atoms with Gasteiger partial charge in [-0.05, 0) is 6.92 Å². The summed E-state index contributed by atoms with van der Waals surface area (Å²) < 4.78 is 0. The van der Waals surface area contributed by atoms with Gasteiger partial charge in [-0.25, -0.2) is 0 Å². The third-order valence-electron chi connectivity index (χ3n) is 2.66. The number of aliphatic hydroxyl groups is 2. The van der Waals surface area contributed by atoms with E-state index >= 15 is 0 Å². The van der Waals surface area contributed by atoms with Gasteiger partial charge in [0.2, 0.25) is 5.95 Å². The van der Waals surface area contributed by atoms with Gasteiger partial charge in [-0.1, -0.05) is 0 Å². The topological polar surface area (TPSA) is 136 Å². The molecular weight excluding hydrogens is 262 g/mol. The molecule has 0 saturated heterocycles. The molecule has 8 nitrogen and oxygen atoms in total. The van der Waals surface area contributed by atoms with Gasteiger partial charge in [0.1, 0.15) is 11.8 Å². The molecule has 0 bridgehead atoms. The van der Waals surface area contributed by atoms with Crippen LogP contribution in [0.15, 0.2) is 4.79 Å². The Hall–Kier alpha value is -1.51. The Morgan fingerprint density at radius 2 is 2.17 bits per heavy atom. The van der Waals surface area contributed by atoms with Crippen molar-refractivity contribution in [2.45, 2.75) is 25.2 Å². The van der Waals surface area contributed by atoms with Crippen molar-refractivity contribution >= 4 is 17.5 Å². The second-order valence-corrected chi connectivity index (χ2v) is 4.04. The van der Waals surface area contributed by atoms with Gasteiger partial charge >= 0.3 is 0 Å². The van der Waals surface area contributed by atoms with E-state index in [2.05, 4.69) is 20.6 Å². The van der Waals surface area contributed by atoms with E-state index in [4.69, 9.17) is 5.73 Å². The van der Waals surface area contributed by atoms with E-state index < -0.39 is 23.8 Å². The van der Waals surface area contributed by atoms with Gasteiger partial charge in [-0.2, -0.15) is 4.98 Å². The predicted molar refractivity (Wildman–Crippen MR) is 62.9 cm³/mol. The van der Waals surface area contributed by atoms with Crippen molar-refractivity contribution in [1.29, 1.82) is 0 Å². The molecule has 0 saturated carbocycles. The van der Waals surface area contributed by atoms with Crippen LogP contribution in [-0.2, 0) is 0 Å². The first kappa shape index (κ1) is 14.6. The molecule has 1 aromatic heterocycles. The molecule has 0 amide bonds. The van der Waals surface area contributed by atoms with Gasteiger partial charge in [0.25, 0.3) is 5.56 Å². The number of halogens is 1. The SMILES string of the molecule is C[C@H](O)[C@H](O)[C@H]1CNc2nc(N)[nH]c(=O)c2N1.[Cl-]. The summed E-state index contributed by atoms with van der Waals surface area (Å²) in [7, 11) is 0. The Labute approximate surface area is 109 Å². The van der Waals surface area contributed by atoms with Gasteiger partial charge in [-0.15, -0.1) is 0 Å². The van der Waals surface area contributed by atoms with Crippen molar-refractivity contribution in [1.82, 2.24) is 9.97 Å². The van der Waals surface area contributed by atoms with Crippen LogP contribution in [0.25, 0.3) is 0 Å². The van der Waals surface area contributed by atoms with Crippen molar-refractivity contribution in [3.63, 3.8) is 0 Å². The van der Waals surface area contributed by atoms with Crippen LogP contribution in [0.3, 0.4) is 0 Å². The molecule has 0 unspecified atom stereocenters. The van der Waals surface area contributed by atoms with Crippen LogP contribution >= 0.6 is 0 Å². The van der Waals surface area contributed by atoms with Crippen molar-refractivity contribution < 1.29 is 22.6 Å². The quantitative estimate of drug-likeness (QED) is 0.319. The molecule has 0 radical (unpaired) electrons. The average Bonchev–Trinajstić information content (AvgIpc) is 2.27. The Kier molecular flexibility index (Phi) is 4.38. The molecule has 1 aliphatic rings. The molecule has 3 atom stereocenters. The van der Waals surface area contributed by atoms with Crippen LogP contribution < -0.4 is 34.3 Å². The zero-order chi connectivity index (χ0) is 12.6. The largest absolute Gasteiger partial charge is 1.00 e. The molecule has 9 heteroatoms. The zero-order valence-electron chi connectivity index (χ0n) is 9.64. The van der Waals surface area contributed by atoms with Crippen LogP contribution in [0.4, 0.5) is 17.5 Å². The van der Waals surface area contributed by atoms with Crippen LogP contribution in [0.1, 0.15) is 6.92 Å². The minimum absolute atomic E-state index is 0. The van der Waals surface area contributed by atoms with Crippen molar-refractivity contribution in [3.05, 3.63) is 10.4 Å². The van der Waals surface area contributed by atoms with E-state index in [9.17, 15) is 15.0 Å². The highest BCUT2D eigenvalue weighted by molar-refractivity contribution is 5.67. The Bertz CT molecular complexity index is 478. The Morgan fingerprint density at radius 3 is 2.78 bits per heavy atom. The summed E-state index contributed by atoms with van der Waals surface area (Å²) in [4.78, 5) is 17.9. The predicted octanol–water partition coefficient (Wildman–Crippen LogP) is -4.70. The third kappa shape index (κ3) is 2.66. The maximum absolute atomic E-state index is 11.6. The molecule has 18 heavy (non-hydrogen) atoms. The number of nitrogens with zero attached hydrogens (tertiary/aromatic N) is 1. The van der Waals surface area contributed by atoms with Gasteiger partial charge in [0.15, 0.2) is 5.82 Å². The second-order valence-electron chi connectivity index (χ2n) is 4.04. The van der Waals surface area contributed by atoms with Crippen molar-refractivity contribution in [2.75, 3.05) is 22.9 Å². The van der Waals surface area contributed by atoms with Crippen LogP contribution in [0, 0.1) is 0 Å². The van der Waals surface area contributed by atoms with Crippen LogP contribution in [-0.4, -0.2) is 45.0 Å². The fourth-order valence-corrected chi connectivity index (χ4v) is 1.74. The lowest BCUT2D eigenvalue weighted by Crippen LogP contribution is -3.00. The number of hydrogen-bond acceptors (Lipinski definition) is 7. The lowest BCUT2D eigenvalue weighted by atomic mass is 10.0. The first-order valence-corrected chi connectivity index (χ1v) is 5.25. The Balaban J connectivity index is 0.00000162. The molecule has 2 rings (SSSR count). The first-order valence-electron chi connectivity index (χ1n) is 5.25. The summed E-state index contributed by atoms with van der Waals surface area (Å²) in [6.45, 7) is 1.82. The number of fused-ring (bicyclic) bond motifs is 1. The van der Waals surface area contributed by atoms with Gasteiger partial charge in [0, 0.05) is 6.54 Å². The monoisotopic (exact) mass is 276 g/mol. The highest BCUT2D eigenvalue weighted by atomic mass is 35.5. The van der Waals surface area contributed by atoms with E-state index in [1.807, 2.05) is 0 Å². The fraction of sp³-hybridized carbons (Fsp3) is 0.556. The minimum atomic E-state index is -0.979. The maximum Gasteiger partial charge on any atom is 0.277 e. The molecule has 0 aromatic carbocycles. The summed E-state index contributed by atoms with van der Waals surface area (Å²) >= 11 is 0. The number of anilines is 3. The van der Waals surface area contributed by atoms with Gasteiger partial charge in [0.05, 0.1) is 12.1 Å². The highest BCUT2D eigenvalue weighted by Gasteiger charge is 2.29. The smallest absolute Gasteiger partial charge is 0.277 e. The lowest BCUT2D eigenvalue weighted by molar-refractivity contribution is -0.00000594. The normalized spacial score (nSPS) is 20.7. The zero-order valence-corrected chi connectivity index (χ0v) is 10.4. The van der Waals surface area contributed by atoms with Crippen LogP contribution in [0.5, 0.6) is 0 Å². The molecule has 1 aliphatic heterocycles. The van der Waals surface area contributed by atoms with Crippen LogP contribution in [0.2, 0.25) is 0 Å². The molecular formula is C9H15ClN5O3-. The molecule has 0 aliphatic carbocycles. The van der Waals surface area contributed by atoms with E-state index in [0.717, 1.165) is 0 Å². The molecule has 1 aromatic rings. The van der Waals surface area contributed by atoms with Crippen molar-refractivity contribution in [3.8, 4) is 0 Å². The molecule has 0 spiro atoms. The first-order chi connectivity index (χ1) is 7.99. The fourth-order valence-electron chi connectivity index (χ4n) is 1.74. The van der Waals surface area contributed by atoms with E-state index in [0.29, 0.717) is 12.4 Å². The number of nitrogens with two attached hydrogens (primary N) is 1. The number of aromatic nitrogens is 2. The van der Waals surface area contributed by atoms with E-state index in [1.54, 1.807) is 0 Å². The van der Waals surface area contributed by atoms with Gasteiger partial charge < -0.3 is 39.0 Å². The number of H-pyrrole nitrogens is 1. The maximum atomic E-state index is 11.6. The summed E-state index contributed by atoms with van der Waals surface area (Å²) in [5, 5.41) is 24.7. The minimum Gasteiger partial charge on any atom is -1.00 e. The number of nitrogens with one attached hydrogen (secondary N) is 3. The summed E-state index contributed by atoms with van der Waals surface area (Å²) in [6, 6.07) is -0.464. The number of aromatic amines is 1. The summed E-state index contributed by atoms with van der Waals surface area (Å²) in [5.74, 6) is 0.373. The number of rotatable bonds is 2. The van der Waals surface area contributed by atoms with E-state index in [1.165, 1.54) is 6.92 Å². The van der Waals surface area contributed by atoms with Crippen molar-refractivity contribution in [2.24, 2.45) is 0 Å². The van der Waals surface area contributed by atoms with Gasteiger partial charge in [-0.3, -0.25) is 9.78 Å². The molecule has 0 fully saturated rings. The Morgan fingerprint density at radius 1 is 1.50 bits per heavy atom. The second kappa shape index (κ2) is 5.42. The number of hydrogen-bond donors (Lipinski definition) is 6. The standard InChI is InChI=1S/C9H15N5O3.ClH/c1-3(15)6(16)4-2-11-7-5(12-4)8(17)14-9(10)13-7;/h3-4,6,12,15-16H,2H2,1H3,(H4,10,11,13,14,17);1H/p-1/t3-,4+,6-;/m0./s1. The summed E-state index contributed by atoms with van der Waals surface area (Å²) in [5.41, 5.74) is 5.20.